The highest BCUT2D eigenvalue weighted by atomic mass is 32.2. The highest BCUT2D eigenvalue weighted by Gasteiger charge is 2.28. The highest BCUT2D eigenvalue weighted by molar-refractivity contribution is 7.92. The third kappa shape index (κ3) is 5.43. The van der Waals surface area contributed by atoms with Gasteiger partial charge in [0.2, 0.25) is 5.91 Å². The summed E-state index contributed by atoms with van der Waals surface area (Å²) in [6, 6.07) is 22.0. The molecule has 0 aromatic heterocycles. The summed E-state index contributed by atoms with van der Waals surface area (Å²) in [5, 5.41) is 2.76. The molecule has 0 bridgehead atoms. The van der Waals surface area contributed by atoms with Gasteiger partial charge in [-0.25, -0.2) is 8.42 Å². The lowest BCUT2D eigenvalue weighted by Gasteiger charge is -2.27. The minimum absolute atomic E-state index is 0.0632. The summed E-state index contributed by atoms with van der Waals surface area (Å²) in [7, 11) is -4.00. The molecule has 178 valence electrons. The first-order valence-electron chi connectivity index (χ1n) is 10.9. The smallest absolute Gasteiger partial charge is 0.264 e. The van der Waals surface area contributed by atoms with Gasteiger partial charge in [0.15, 0.2) is 11.5 Å². The molecule has 0 spiro atoms. The van der Waals surface area contributed by atoms with Gasteiger partial charge in [-0.2, -0.15) is 0 Å². The summed E-state index contributed by atoms with van der Waals surface area (Å²) in [4.78, 5) is 12.9. The van der Waals surface area contributed by atoms with Crippen LogP contribution in [0.2, 0.25) is 0 Å². The molecule has 3 aromatic carbocycles. The van der Waals surface area contributed by atoms with Crippen LogP contribution in [0.5, 0.6) is 17.2 Å². The average molecular weight is 483 g/mol. The number of anilines is 1. The maximum Gasteiger partial charge on any atom is 0.264 e. The number of ether oxygens (including phenoxy) is 3. The predicted molar refractivity (Wildman–Crippen MR) is 128 cm³/mol. The molecule has 1 amide bonds. The van der Waals surface area contributed by atoms with E-state index >= 15 is 0 Å². The number of rotatable bonds is 9. The topological polar surface area (TPSA) is 94.2 Å². The van der Waals surface area contributed by atoms with E-state index in [1.807, 2.05) is 25.1 Å². The van der Waals surface area contributed by atoms with Gasteiger partial charge in [0, 0.05) is 0 Å². The number of benzene rings is 3. The molecule has 3 aromatic rings. The molecular formula is C25H26N2O6S. The van der Waals surface area contributed by atoms with Gasteiger partial charge in [-0.05, 0) is 55.5 Å². The SMILES string of the molecule is CCOc1ccc(S(=O)(=O)N(CC(=O)NC[C@@H]2COc3ccccc3O2)c2ccccc2)cc1. The minimum Gasteiger partial charge on any atom is -0.494 e. The van der Waals surface area contributed by atoms with Gasteiger partial charge in [-0.3, -0.25) is 9.10 Å². The molecular weight excluding hydrogens is 456 g/mol. The van der Waals surface area contributed by atoms with Crippen molar-refractivity contribution in [3.8, 4) is 17.2 Å². The fourth-order valence-corrected chi connectivity index (χ4v) is 4.91. The van der Waals surface area contributed by atoms with Crippen LogP contribution in [0.3, 0.4) is 0 Å². The monoisotopic (exact) mass is 482 g/mol. The molecule has 0 aliphatic carbocycles. The van der Waals surface area contributed by atoms with Crippen LogP contribution >= 0.6 is 0 Å². The fraction of sp³-hybridized carbons (Fsp3) is 0.240. The van der Waals surface area contributed by atoms with E-state index < -0.39 is 15.9 Å². The maximum atomic E-state index is 13.4. The Labute approximate surface area is 199 Å². The van der Waals surface area contributed by atoms with Gasteiger partial charge in [0.05, 0.1) is 23.7 Å². The standard InChI is InChI=1S/C25H26N2O6S/c1-2-31-20-12-14-22(15-13-20)34(29,30)27(19-8-4-3-5-9-19)17-25(28)26-16-21-18-32-23-10-6-7-11-24(23)33-21/h3-15,21H,2,16-18H2,1H3,(H,26,28)/t21-/m1/s1. The Morgan fingerprint density at radius 2 is 1.68 bits per heavy atom. The summed E-state index contributed by atoms with van der Waals surface area (Å²) in [6.45, 7) is 2.40. The van der Waals surface area contributed by atoms with Crippen molar-refractivity contribution in [2.24, 2.45) is 0 Å². The van der Waals surface area contributed by atoms with Crippen LogP contribution in [0.1, 0.15) is 6.92 Å². The Morgan fingerprint density at radius 3 is 2.38 bits per heavy atom. The Hall–Kier alpha value is -3.72. The number of para-hydroxylation sites is 3. The van der Waals surface area contributed by atoms with Crippen LogP contribution in [-0.2, 0) is 14.8 Å². The van der Waals surface area contributed by atoms with E-state index in [-0.39, 0.29) is 30.7 Å². The molecule has 1 heterocycles. The highest BCUT2D eigenvalue weighted by Crippen LogP contribution is 2.30. The van der Waals surface area contributed by atoms with Crippen molar-refractivity contribution >= 4 is 21.6 Å². The number of hydrogen-bond donors (Lipinski definition) is 1. The Kier molecular flexibility index (Phi) is 7.22. The van der Waals surface area contributed by atoms with Crippen molar-refractivity contribution < 1.29 is 27.4 Å². The molecule has 34 heavy (non-hydrogen) atoms. The molecule has 0 unspecified atom stereocenters. The Balaban J connectivity index is 1.46. The van der Waals surface area contributed by atoms with Gasteiger partial charge >= 0.3 is 0 Å². The second kappa shape index (κ2) is 10.5. The van der Waals surface area contributed by atoms with E-state index in [2.05, 4.69) is 5.32 Å². The number of amides is 1. The Morgan fingerprint density at radius 1 is 1.00 bits per heavy atom. The van der Waals surface area contributed by atoms with E-state index in [0.29, 0.717) is 29.5 Å². The lowest BCUT2D eigenvalue weighted by atomic mass is 10.2. The van der Waals surface area contributed by atoms with Crippen molar-refractivity contribution in [2.75, 3.05) is 30.6 Å². The van der Waals surface area contributed by atoms with Crippen LogP contribution in [0.15, 0.2) is 83.8 Å². The Bertz CT molecular complexity index is 1220. The molecule has 1 N–H and O–H groups in total. The second-order valence-electron chi connectivity index (χ2n) is 7.55. The quantitative estimate of drug-likeness (QED) is 0.503. The summed E-state index contributed by atoms with van der Waals surface area (Å²) < 4.78 is 44.9. The second-order valence-corrected chi connectivity index (χ2v) is 9.42. The molecule has 8 nitrogen and oxygen atoms in total. The number of nitrogens with one attached hydrogen (secondary N) is 1. The van der Waals surface area contributed by atoms with Gasteiger partial charge in [0.1, 0.15) is 25.0 Å². The minimum atomic E-state index is -4.00. The van der Waals surface area contributed by atoms with Crippen molar-refractivity contribution in [1.29, 1.82) is 0 Å². The zero-order chi connectivity index (χ0) is 24.0. The first kappa shape index (κ1) is 23.4. The molecule has 0 saturated carbocycles. The van der Waals surface area contributed by atoms with Gasteiger partial charge in [0.25, 0.3) is 10.0 Å². The van der Waals surface area contributed by atoms with E-state index in [0.717, 1.165) is 4.31 Å². The first-order chi connectivity index (χ1) is 16.5. The average Bonchev–Trinajstić information content (AvgIpc) is 2.87. The molecule has 9 heteroatoms. The largest absolute Gasteiger partial charge is 0.494 e. The molecule has 0 fully saturated rings. The summed E-state index contributed by atoms with van der Waals surface area (Å²) >= 11 is 0. The van der Waals surface area contributed by atoms with E-state index in [1.54, 1.807) is 48.5 Å². The fourth-order valence-electron chi connectivity index (χ4n) is 3.49. The van der Waals surface area contributed by atoms with E-state index in [9.17, 15) is 13.2 Å². The first-order valence-corrected chi connectivity index (χ1v) is 12.4. The molecule has 1 aliphatic rings. The predicted octanol–water partition coefficient (Wildman–Crippen LogP) is 3.24. The van der Waals surface area contributed by atoms with Crippen LogP contribution in [-0.4, -0.2) is 46.7 Å². The maximum absolute atomic E-state index is 13.4. The van der Waals surface area contributed by atoms with Gasteiger partial charge in [-0.15, -0.1) is 0 Å². The van der Waals surface area contributed by atoms with E-state index in [1.165, 1.54) is 12.1 Å². The van der Waals surface area contributed by atoms with Crippen LogP contribution in [0, 0.1) is 0 Å². The molecule has 1 atom stereocenters. The molecule has 0 radical (unpaired) electrons. The van der Waals surface area contributed by atoms with Gasteiger partial charge < -0.3 is 19.5 Å². The number of carbonyl (C=O) groups is 1. The normalized spacial score (nSPS) is 14.8. The lowest BCUT2D eigenvalue weighted by molar-refractivity contribution is -0.120. The zero-order valence-corrected chi connectivity index (χ0v) is 19.5. The third-order valence-electron chi connectivity index (χ3n) is 5.15. The van der Waals surface area contributed by atoms with Crippen molar-refractivity contribution in [3.05, 3.63) is 78.9 Å². The van der Waals surface area contributed by atoms with Crippen molar-refractivity contribution in [1.82, 2.24) is 5.32 Å². The third-order valence-corrected chi connectivity index (χ3v) is 6.94. The number of hydrogen-bond acceptors (Lipinski definition) is 6. The van der Waals surface area contributed by atoms with E-state index in [4.69, 9.17) is 14.2 Å². The lowest BCUT2D eigenvalue weighted by Crippen LogP contribution is -2.45. The number of carbonyl (C=O) groups excluding carboxylic acids is 1. The summed E-state index contributed by atoms with van der Waals surface area (Å²) in [6.07, 6.45) is -0.383. The number of fused-ring (bicyclic) bond motifs is 1. The summed E-state index contributed by atoms with van der Waals surface area (Å²) in [5.41, 5.74) is 0.387. The zero-order valence-electron chi connectivity index (χ0n) is 18.7. The van der Waals surface area contributed by atoms with Gasteiger partial charge in [-0.1, -0.05) is 30.3 Å². The molecule has 1 aliphatic heterocycles. The van der Waals surface area contributed by atoms with Crippen LogP contribution in [0.25, 0.3) is 0 Å². The van der Waals surface area contributed by atoms with Crippen LogP contribution in [0.4, 0.5) is 5.69 Å². The van der Waals surface area contributed by atoms with Crippen molar-refractivity contribution in [2.45, 2.75) is 17.9 Å². The van der Waals surface area contributed by atoms with Crippen LogP contribution < -0.4 is 23.8 Å². The van der Waals surface area contributed by atoms with Crippen molar-refractivity contribution in [3.63, 3.8) is 0 Å². The number of nitrogens with zero attached hydrogens (tertiary/aromatic N) is 1. The number of sulfonamides is 1. The molecule has 4 rings (SSSR count). The summed E-state index contributed by atoms with van der Waals surface area (Å²) in [5.74, 6) is 1.38. The molecule has 0 saturated heterocycles.